The molecule has 4 nitrogen and oxygen atoms in total. The highest BCUT2D eigenvalue weighted by molar-refractivity contribution is 6.40. The highest BCUT2D eigenvalue weighted by Crippen LogP contribution is 2.03. The van der Waals surface area contributed by atoms with Gasteiger partial charge in [0, 0.05) is 6.20 Å². The number of hydrogen-bond acceptors (Lipinski definition) is 4. The SMILES string of the molecule is O=C(OCc1ccccc1)C(=O)c1ccccn1. The maximum absolute atomic E-state index is 11.6. The molecule has 1 aromatic carbocycles. The summed E-state index contributed by atoms with van der Waals surface area (Å²) in [5, 5.41) is 0. The number of rotatable bonds is 4. The molecular formula is C14H11NO3. The summed E-state index contributed by atoms with van der Waals surface area (Å²) in [7, 11) is 0. The Morgan fingerprint density at radius 1 is 1.00 bits per heavy atom. The monoisotopic (exact) mass is 241 g/mol. The molecule has 0 unspecified atom stereocenters. The summed E-state index contributed by atoms with van der Waals surface area (Å²) in [6.45, 7) is 0.0816. The van der Waals surface area contributed by atoms with Gasteiger partial charge in [0.25, 0.3) is 5.78 Å². The number of nitrogens with zero attached hydrogens (tertiary/aromatic N) is 1. The molecule has 0 aliphatic rings. The number of ketones is 1. The van der Waals surface area contributed by atoms with Crippen LogP contribution in [-0.2, 0) is 16.1 Å². The Balaban J connectivity index is 1.95. The van der Waals surface area contributed by atoms with Crippen LogP contribution in [0.25, 0.3) is 0 Å². The van der Waals surface area contributed by atoms with Crippen LogP contribution in [0.5, 0.6) is 0 Å². The second kappa shape index (κ2) is 5.72. The topological polar surface area (TPSA) is 56.3 Å². The molecule has 0 amide bonds. The molecule has 0 aliphatic heterocycles. The molecule has 0 saturated carbocycles. The zero-order valence-electron chi connectivity index (χ0n) is 9.58. The number of carbonyl (C=O) groups excluding carboxylic acids is 2. The Morgan fingerprint density at radius 3 is 2.39 bits per heavy atom. The lowest BCUT2D eigenvalue weighted by atomic mass is 10.2. The molecule has 0 radical (unpaired) electrons. The number of Topliss-reactive ketones (excluding diaryl/α,β-unsaturated/α-hetero) is 1. The fourth-order valence-electron chi connectivity index (χ4n) is 1.39. The summed E-state index contributed by atoms with van der Waals surface area (Å²) in [6.07, 6.45) is 1.46. The molecule has 90 valence electrons. The van der Waals surface area contributed by atoms with Crippen molar-refractivity contribution in [2.24, 2.45) is 0 Å². The minimum Gasteiger partial charge on any atom is -0.455 e. The maximum atomic E-state index is 11.6. The summed E-state index contributed by atoms with van der Waals surface area (Å²) in [4.78, 5) is 26.9. The number of aromatic nitrogens is 1. The quantitative estimate of drug-likeness (QED) is 0.466. The van der Waals surface area contributed by atoms with Gasteiger partial charge in [-0.2, -0.15) is 0 Å². The van der Waals surface area contributed by atoms with Crippen LogP contribution in [0.2, 0.25) is 0 Å². The van der Waals surface area contributed by atoms with E-state index in [1.807, 2.05) is 30.3 Å². The van der Waals surface area contributed by atoms with Crippen LogP contribution < -0.4 is 0 Å². The first-order chi connectivity index (χ1) is 8.77. The van der Waals surface area contributed by atoms with Gasteiger partial charge in [0.2, 0.25) is 0 Å². The van der Waals surface area contributed by atoms with Crippen molar-refractivity contribution in [2.45, 2.75) is 6.61 Å². The van der Waals surface area contributed by atoms with Gasteiger partial charge in [0.15, 0.2) is 0 Å². The number of hydrogen-bond donors (Lipinski definition) is 0. The van der Waals surface area contributed by atoms with E-state index in [9.17, 15) is 9.59 Å². The van der Waals surface area contributed by atoms with E-state index in [1.54, 1.807) is 12.1 Å². The summed E-state index contributed by atoms with van der Waals surface area (Å²) < 4.78 is 4.92. The molecule has 0 atom stereocenters. The third kappa shape index (κ3) is 3.01. The summed E-state index contributed by atoms with van der Waals surface area (Å²) in [6, 6.07) is 14.0. The van der Waals surface area contributed by atoms with Crippen LogP contribution in [0.3, 0.4) is 0 Å². The Morgan fingerprint density at radius 2 is 1.72 bits per heavy atom. The first kappa shape index (κ1) is 12.0. The van der Waals surface area contributed by atoms with Gasteiger partial charge in [-0.3, -0.25) is 9.78 Å². The molecule has 0 aliphatic carbocycles. The van der Waals surface area contributed by atoms with Gasteiger partial charge in [-0.1, -0.05) is 36.4 Å². The first-order valence-electron chi connectivity index (χ1n) is 5.44. The van der Waals surface area contributed by atoms with Gasteiger partial charge < -0.3 is 4.74 Å². The van der Waals surface area contributed by atoms with Gasteiger partial charge in [0.1, 0.15) is 12.3 Å². The molecule has 1 aromatic heterocycles. The number of esters is 1. The summed E-state index contributed by atoms with van der Waals surface area (Å²) in [5.74, 6) is -1.62. The van der Waals surface area contributed by atoms with Crippen LogP contribution in [0, 0.1) is 0 Å². The summed E-state index contributed by atoms with van der Waals surface area (Å²) >= 11 is 0. The lowest BCUT2D eigenvalue weighted by Crippen LogP contribution is -2.18. The molecule has 1 heterocycles. The smallest absolute Gasteiger partial charge is 0.381 e. The van der Waals surface area contributed by atoms with Gasteiger partial charge >= 0.3 is 5.97 Å². The minimum atomic E-state index is -0.891. The van der Waals surface area contributed by atoms with E-state index >= 15 is 0 Å². The number of pyridine rings is 1. The predicted molar refractivity (Wildman–Crippen MR) is 64.8 cm³/mol. The minimum absolute atomic E-state index is 0.0816. The van der Waals surface area contributed by atoms with Crippen molar-refractivity contribution in [2.75, 3.05) is 0 Å². The fraction of sp³-hybridized carbons (Fsp3) is 0.0714. The first-order valence-corrected chi connectivity index (χ1v) is 5.44. The molecule has 0 N–H and O–H groups in total. The van der Waals surface area contributed by atoms with Crippen molar-refractivity contribution in [1.82, 2.24) is 4.98 Å². The molecule has 0 bridgehead atoms. The van der Waals surface area contributed by atoms with E-state index in [4.69, 9.17) is 4.74 Å². The normalized spacial score (nSPS) is 9.78. The molecular weight excluding hydrogens is 230 g/mol. The van der Waals surface area contributed by atoms with Gasteiger partial charge in [-0.25, -0.2) is 4.79 Å². The maximum Gasteiger partial charge on any atom is 0.381 e. The summed E-state index contributed by atoms with van der Waals surface area (Å²) in [5.41, 5.74) is 0.926. The molecule has 18 heavy (non-hydrogen) atoms. The fourth-order valence-corrected chi connectivity index (χ4v) is 1.39. The average molecular weight is 241 g/mol. The highest BCUT2D eigenvalue weighted by Gasteiger charge is 2.18. The third-order valence-corrected chi connectivity index (χ3v) is 2.30. The second-order valence-electron chi connectivity index (χ2n) is 3.61. The predicted octanol–water partition coefficient (Wildman–Crippen LogP) is 2.01. The van der Waals surface area contributed by atoms with Gasteiger partial charge in [-0.15, -0.1) is 0 Å². The number of ether oxygens (including phenoxy) is 1. The molecule has 4 heteroatoms. The van der Waals surface area contributed by atoms with E-state index in [0.717, 1.165) is 5.56 Å². The van der Waals surface area contributed by atoms with Crippen LogP contribution in [0.1, 0.15) is 16.1 Å². The molecule has 0 fully saturated rings. The van der Waals surface area contributed by atoms with E-state index in [-0.39, 0.29) is 12.3 Å². The van der Waals surface area contributed by atoms with Crippen molar-refractivity contribution in [3.05, 3.63) is 66.0 Å². The van der Waals surface area contributed by atoms with Crippen molar-refractivity contribution in [3.63, 3.8) is 0 Å². The van der Waals surface area contributed by atoms with Crippen molar-refractivity contribution >= 4 is 11.8 Å². The van der Waals surface area contributed by atoms with Crippen molar-refractivity contribution in [3.8, 4) is 0 Å². The molecule has 0 spiro atoms. The lowest BCUT2D eigenvalue weighted by molar-refractivity contribution is -0.139. The molecule has 2 aromatic rings. The Hall–Kier alpha value is -2.49. The standard InChI is InChI=1S/C14H11NO3/c16-13(12-8-4-5-9-15-12)14(17)18-10-11-6-2-1-3-7-11/h1-9H,10H2. The van der Waals surface area contributed by atoms with Crippen LogP contribution >= 0.6 is 0 Å². The van der Waals surface area contributed by atoms with Crippen LogP contribution in [0.4, 0.5) is 0 Å². The van der Waals surface area contributed by atoms with Crippen molar-refractivity contribution in [1.29, 1.82) is 0 Å². The zero-order chi connectivity index (χ0) is 12.8. The second-order valence-corrected chi connectivity index (χ2v) is 3.61. The largest absolute Gasteiger partial charge is 0.455 e. The zero-order valence-corrected chi connectivity index (χ0v) is 9.58. The highest BCUT2D eigenvalue weighted by atomic mass is 16.5. The average Bonchev–Trinajstić information content (AvgIpc) is 2.46. The Labute approximate surface area is 104 Å². The van der Waals surface area contributed by atoms with Gasteiger partial charge in [-0.05, 0) is 17.7 Å². The van der Waals surface area contributed by atoms with Crippen molar-refractivity contribution < 1.29 is 14.3 Å². The Bertz CT molecular complexity index is 537. The Kier molecular flexibility index (Phi) is 3.81. The van der Waals surface area contributed by atoms with Gasteiger partial charge in [0.05, 0.1) is 0 Å². The number of carbonyl (C=O) groups is 2. The van der Waals surface area contributed by atoms with Crippen LogP contribution in [-0.4, -0.2) is 16.7 Å². The van der Waals surface area contributed by atoms with E-state index < -0.39 is 11.8 Å². The number of benzene rings is 1. The van der Waals surface area contributed by atoms with E-state index in [2.05, 4.69) is 4.98 Å². The van der Waals surface area contributed by atoms with E-state index in [0.29, 0.717) is 0 Å². The third-order valence-electron chi connectivity index (χ3n) is 2.30. The molecule has 0 saturated heterocycles. The van der Waals surface area contributed by atoms with Crippen LogP contribution in [0.15, 0.2) is 54.7 Å². The lowest BCUT2D eigenvalue weighted by Gasteiger charge is -2.03. The molecule has 2 rings (SSSR count). The van der Waals surface area contributed by atoms with E-state index in [1.165, 1.54) is 12.3 Å².